The highest BCUT2D eigenvalue weighted by atomic mass is 79.9. The number of fused-ring (bicyclic) bond motifs is 1. The fourth-order valence-electron chi connectivity index (χ4n) is 2.36. The molecule has 1 aliphatic heterocycles. The molecule has 0 spiro atoms. The zero-order chi connectivity index (χ0) is 14.1. The van der Waals surface area contributed by atoms with E-state index in [1.807, 2.05) is 24.3 Å². The van der Waals surface area contributed by atoms with Crippen LogP contribution in [0.5, 0.6) is 11.5 Å². The van der Waals surface area contributed by atoms with Gasteiger partial charge < -0.3 is 15.2 Å². The number of anilines is 1. The minimum Gasteiger partial charge on any atom is -0.488 e. The molecule has 20 heavy (non-hydrogen) atoms. The zero-order valence-electron chi connectivity index (χ0n) is 11.2. The number of nitrogen functional groups attached to an aromatic ring is 1. The predicted molar refractivity (Wildman–Crippen MR) is 83.3 cm³/mol. The van der Waals surface area contributed by atoms with E-state index < -0.39 is 0 Å². The topological polar surface area (TPSA) is 44.5 Å². The maximum Gasteiger partial charge on any atom is 0.137 e. The Balaban J connectivity index is 1.65. The van der Waals surface area contributed by atoms with Crippen LogP contribution >= 0.6 is 15.9 Å². The smallest absolute Gasteiger partial charge is 0.137 e. The maximum atomic E-state index is 5.88. The molecule has 0 aliphatic carbocycles. The third-order valence-corrected chi connectivity index (χ3v) is 4.22. The Morgan fingerprint density at radius 2 is 2.20 bits per heavy atom. The number of benzene rings is 2. The summed E-state index contributed by atoms with van der Waals surface area (Å²) in [5.41, 5.74) is 9.02. The summed E-state index contributed by atoms with van der Waals surface area (Å²) in [5, 5.41) is 0. The molecule has 1 atom stereocenters. The van der Waals surface area contributed by atoms with Gasteiger partial charge in [-0.15, -0.1) is 0 Å². The van der Waals surface area contributed by atoms with Crippen LogP contribution in [-0.4, -0.2) is 12.7 Å². The van der Waals surface area contributed by atoms with Crippen LogP contribution in [0.25, 0.3) is 0 Å². The summed E-state index contributed by atoms with van der Waals surface area (Å²) in [7, 11) is 0. The van der Waals surface area contributed by atoms with Crippen molar-refractivity contribution in [1.29, 1.82) is 0 Å². The first-order valence-corrected chi connectivity index (χ1v) is 7.36. The van der Waals surface area contributed by atoms with Crippen molar-refractivity contribution in [3.63, 3.8) is 0 Å². The molecule has 0 fully saturated rings. The molecule has 2 aromatic carbocycles. The maximum absolute atomic E-state index is 5.88. The van der Waals surface area contributed by atoms with Gasteiger partial charge in [-0.1, -0.05) is 23.8 Å². The van der Waals surface area contributed by atoms with Gasteiger partial charge in [0, 0.05) is 12.1 Å². The van der Waals surface area contributed by atoms with E-state index in [1.165, 1.54) is 11.1 Å². The van der Waals surface area contributed by atoms with E-state index in [2.05, 4.69) is 35.0 Å². The van der Waals surface area contributed by atoms with E-state index >= 15 is 0 Å². The molecule has 0 saturated carbocycles. The molecule has 2 N–H and O–H groups in total. The van der Waals surface area contributed by atoms with Crippen LogP contribution < -0.4 is 15.2 Å². The number of rotatable bonds is 3. The quantitative estimate of drug-likeness (QED) is 0.870. The molecule has 3 nitrogen and oxygen atoms in total. The van der Waals surface area contributed by atoms with Crippen molar-refractivity contribution in [3.05, 3.63) is 52.0 Å². The van der Waals surface area contributed by atoms with Crippen molar-refractivity contribution in [1.82, 2.24) is 0 Å². The van der Waals surface area contributed by atoms with Gasteiger partial charge in [-0.05, 0) is 46.6 Å². The molecule has 1 unspecified atom stereocenters. The standard InChI is InChI=1S/C16H16BrNO2/c1-10-5-6-14-11(7-10)8-12(20-14)9-19-15-4-2-3-13(18)16(15)17/h2-7,12H,8-9,18H2,1H3. The molecule has 1 heterocycles. The number of halogens is 1. The number of ether oxygens (including phenoxy) is 2. The van der Waals surface area contributed by atoms with E-state index in [1.54, 1.807) is 0 Å². The molecule has 1 aliphatic rings. The average molecular weight is 334 g/mol. The second kappa shape index (κ2) is 5.37. The van der Waals surface area contributed by atoms with Crippen molar-refractivity contribution in [2.45, 2.75) is 19.4 Å². The lowest BCUT2D eigenvalue weighted by atomic mass is 10.1. The van der Waals surface area contributed by atoms with E-state index in [4.69, 9.17) is 15.2 Å². The van der Waals surface area contributed by atoms with Crippen LogP contribution in [0.2, 0.25) is 0 Å². The molecule has 0 aromatic heterocycles. The van der Waals surface area contributed by atoms with Gasteiger partial charge in [0.15, 0.2) is 0 Å². The summed E-state index contributed by atoms with van der Waals surface area (Å²) in [6.45, 7) is 2.60. The van der Waals surface area contributed by atoms with E-state index in [9.17, 15) is 0 Å². The van der Waals surface area contributed by atoms with Gasteiger partial charge in [0.2, 0.25) is 0 Å². The zero-order valence-corrected chi connectivity index (χ0v) is 12.8. The molecule has 4 heteroatoms. The Morgan fingerprint density at radius 3 is 3.05 bits per heavy atom. The van der Waals surface area contributed by atoms with Gasteiger partial charge in [0.05, 0.1) is 4.47 Å². The number of nitrogens with two attached hydrogens (primary N) is 1. The molecule has 104 valence electrons. The van der Waals surface area contributed by atoms with Gasteiger partial charge in [-0.2, -0.15) is 0 Å². The minimum atomic E-state index is 0.0557. The Labute approximate surface area is 126 Å². The average Bonchev–Trinajstić information content (AvgIpc) is 2.82. The fraction of sp³-hybridized carbons (Fsp3) is 0.250. The highest BCUT2D eigenvalue weighted by molar-refractivity contribution is 9.10. The Morgan fingerprint density at radius 1 is 1.35 bits per heavy atom. The van der Waals surface area contributed by atoms with Crippen molar-refractivity contribution >= 4 is 21.6 Å². The van der Waals surface area contributed by atoms with Gasteiger partial charge in [0.25, 0.3) is 0 Å². The second-order valence-corrected chi connectivity index (χ2v) is 5.82. The van der Waals surface area contributed by atoms with Crippen LogP contribution in [0.4, 0.5) is 5.69 Å². The normalized spacial score (nSPS) is 16.6. The first-order chi connectivity index (χ1) is 9.63. The van der Waals surface area contributed by atoms with Crippen molar-refractivity contribution in [2.24, 2.45) is 0 Å². The summed E-state index contributed by atoms with van der Waals surface area (Å²) < 4.78 is 12.5. The molecule has 0 amide bonds. The second-order valence-electron chi connectivity index (χ2n) is 5.03. The largest absolute Gasteiger partial charge is 0.488 e. The van der Waals surface area contributed by atoms with Crippen LogP contribution in [0.15, 0.2) is 40.9 Å². The summed E-state index contributed by atoms with van der Waals surface area (Å²) >= 11 is 3.44. The lowest BCUT2D eigenvalue weighted by molar-refractivity contribution is 0.148. The van der Waals surface area contributed by atoms with Crippen LogP contribution in [0.3, 0.4) is 0 Å². The number of aryl methyl sites for hydroxylation is 1. The predicted octanol–water partition coefficient (Wildman–Crippen LogP) is 3.72. The lowest BCUT2D eigenvalue weighted by Gasteiger charge is -2.14. The van der Waals surface area contributed by atoms with Crippen molar-refractivity contribution < 1.29 is 9.47 Å². The third-order valence-electron chi connectivity index (χ3n) is 3.38. The lowest BCUT2D eigenvalue weighted by Crippen LogP contribution is -2.22. The highest BCUT2D eigenvalue weighted by Crippen LogP contribution is 2.32. The molecular weight excluding hydrogens is 318 g/mol. The SMILES string of the molecule is Cc1ccc2c(c1)CC(COc1cccc(N)c1Br)O2. The van der Waals surface area contributed by atoms with Crippen LogP contribution in [-0.2, 0) is 6.42 Å². The molecule has 2 aromatic rings. The first kappa shape index (κ1) is 13.3. The molecule has 0 radical (unpaired) electrons. The third kappa shape index (κ3) is 2.61. The van der Waals surface area contributed by atoms with Crippen molar-refractivity contribution in [2.75, 3.05) is 12.3 Å². The number of hydrogen-bond donors (Lipinski definition) is 1. The van der Waals surface area contributed by atoms with Crippen LogP contribution in [0, 0.1) is 6.92 Å². The Kier molecular flexibility index (Phi) is 3.57. The molecule has 0 bridgehead atoms. The molecular formula is C16H16BrNO2. The Hall–Kier alpha value is -1.68. The number of hydrogen-bond acceptors (Lipinski definition) is 3. The van der Waals surface area contributed by atoms with Gasteiger partial charge >= 0.3 is 0 Å². The minimum absolute atomic E-state index is 0.0557. The summed E-state index contributed by atoms with van der Waals surface area (Å²) in [4.78, 5) is 0. The van der Waals surface area contributed by atoms with Crippen LogP contribution in [0.1, 0.15) is 11.1 Å². The highest BCUT2D eigenvalue weighted by Gasteiger charge is 2.23. The fourth-order valence-corrected chi connectivity index (χ4v) is 2.74. The van der Waals surface area contributed by atoms with Gasteiger partial charge in [-0.25, -0.2) is 0 Å². The molecule has 0 saturated heterocycles. The molecule has 3 rings (SSSR count). The van der Waals surface area contributed by atoms with Gasteiger partial charge in [0.1, 0.15) is 24.2 Å². The van der Waals surface area contributed by atoms with E-state index in [0.29, 0.717) is 12.3 Å². The van der Waals surface area contributed by atoms with Gasteiger partial charge in [-0.3, -0.25) is 0 Å². The van der Waals surface area contributed by atoms with E-state index in [-0.39, 0.29) is 6.10 Å². The summed E-state index contributed by atoms with van der Waals surface area (Å²) in [6, 6.07) is 11.9. The van der Waals surface area contributed by atoms with Crippen molar-refractivity contribution in [3.8, 4) is 11.5 Å². The monoisotopic (exact) mass is 333 g/mol. The summed E-state index contributed by atoms with van der Waals surface area (Å²) in [6.07, 6.45) is 0.942. The first-order valence-electron chi connectivity index (χ1n) is 6.56. The Bertz CT molecular complexity index is 642. The summed E-state index contributed by atoms with van der Waals surface area (Å²) in [5.74, 6) is 1.72. The van der Waals surface area contributed by atoms with E-state index in [0.717, 1.165) is 22.4 Å².